The highest BCUT2D eigenvalue weighted by atomic mass is 15.2. The smallest absolute Gasteiger partial charge is 0.0117 e. The van der Waals surface area contributed by atoms with Crippen LogP contribution in [0.4, 0.5) is 0 Å². The Labute approximate surface area is 88.1 Å². The molecule has 0 bridgehead atoms. The zero-order chi connectivity index (χ0) is 9.97. The summed E-state index contributed by atoms with van der Waals surface area (Å²) < 4.78 is 0. The third-order valence-corrected chi connectivity index (χ3v) is 3.99. The number of likely N-dealkylation sites (tertiary alicyclic amines) is 1. The Balaban J connectivity index is 1.79. The first-order chi connectivity index (χ1) is 6.81. The Morgan fingerprint density at radius 1 is 1.29 bits per heavy atom. The summed E-state index contributed by atoms with van der Waals surface area (Å²) >= 11 is 0. The van der Waals surface area contributed by atoms with Gasteiger partial charge >= 0.3 is 0 Å². The van der Waals surface area contributed by atoms with Gasteiger partial charge in [0.1, 0.15) is 0 Å². The van der Waals surface area contributed by atoms with Gasteiger partial charge in [-0.05, 0) is 38.3 Å². The molecular formula is C12H24N2. The van der Waals surface area contributed by atoms with Gasteiger partial charge in [-0.15, -0.1) is 0 Å². The van der Waals surface area contributed by atoms with Crippen LogP contribution in [-0.2, 0) is 0 Å². The van der Waals surface area contributed by atoms with E-state index in [1.165, 1.54) is 38.8 Å². The first kappa shape index (κ1) is 10.4. The van der Waals surface area contributed by atoms with Crippen LogP contribution in [-0.4, -0.2) is 36.6 Å². The average Bonchev–Trinajstić information content (AvgIpc) is 2.07. The molecular weight excluding hydrogens is 172 g/mol. The molecule has 1 saturated heterocycles. The maximum atomic E-state index is 3.60. The molecule has 0 aromatic heterocycles. The summed E-state index contributed by atoms with van der Waals surface area (Å²) in [6.07, 6.45) is 5.73. The Hall–Kier alpha value is -0.0800. The van der Waals surface area contributed by atoms with Crippen molar-refractivity contribution in [1.82, 2.24) is 10.2 Å². The van der Waals surface area contributed by atoms with Gasteiger partial charge in [-0.1, -0.05) is 20.3 Å². The Kier molecular flexibility index (Phi) is 3.45. The van der Waals surface area contributed by atoms with Crippen molar-refractivity contribution >= 4 is 0 Å². The minimum atomic E-state index is 0.774. The van der Waals surface area contributed by atoms with Crippen molar-refractivity contribution in [3.05, 3.63) is 0 Å². The van der Waals surface area contributed by atoms with Crippen molar-refractivity contribution in [3.8, 4) is 0 Å². The third kappa shape index (κ3) is 2.12. The Morgan fingerprint density at radius 2 is 2.07 bits per heavy atom. The zero-order valence-electron chi connectivity index (χ0n) is 9.63. The predicted molar refractivity (Wildman–Crippen MR) is 60.5 cm³/mol. The van der Waals surface area contributed by atoms with E-state index in [0.29, 0.717) is 0 Å². The van der Waals surface area contributed by atoms with E-state index in [4.69, 9.17) is 0 Å². The number of hydrogen-bond acceptors (Lipinski definition) is 2. The van der Waals surface area contributed by atoms with Crippen molar-refractivity contribution in [3.63, 3.8) is 0 Å². The van der Waals surface area contributed by atoms with Crippen LogP contribution in [0.5, 0.6) is 0 Å². The van der Waals surface area contributed by atoms with Gasteiger partial charge in [0.25, 0.3) is 0 Å². The summed E-state index contributed by atoms with van der Waals surface area (Å²) in [5, 5.41) is 3.60. The minimum Gasteiger partial charge on any atom is -0.314 e. The second-order valence-corrected chi connectivity index (χ2v) is 5.01. The van der Waals surface area contributed by atoms with E-state index in [9.17, 15) is 0 Å². The molecule has 0 radical (unpaired) electrons. The molecule has 2 unspecified atom stereocenters. The van der Waals surface area contributed by atoms with Crippen molar-refractivity contribution in [1.29, 1.82) is 0 Å². The monoisotopic (exact) mass is 196 g/mol. The van der Waals surface area contributed by atoms with Gasteiger partial charge in [-0.25, -0.2) is 0 Å². The van der Waals surface area contributed by atoms with Crippen LogP contribution < -0.4 is 5.32 Å². The first-order valence-electron chi connectivity index (χ1n) is 6.28. The normalized spacial score (nSPS) is 35.6. The largest absolute Gasteiger partial charge is 0.314 e. The standard InChI is InChI=1S/C12H24N2/c1-3-13-12-7-8-14(9-10(12)2)11-5-4-6-11/h10-13H,3-9H2,1-2H3. The van der Waals surface area contributed by atoms with E-state index in [2.05, 4.69) is 24.1 Å². The number of rotatable bonds is 3. The van der Waals surface area contributed by atoms with Gasteiger partial charge in [0.15, 0.2) is 0 Å². The first-order valence-corrected chi connectivity index (χ1v) is 6.28. The summed E-state index contributed by atoms with van der Waals surface area (Å²) in [6, 6.07) is 1.72. The zero-order valence-corrected chi connectivity index (χ0v) is 9.63. The highest BCUT2D eigenvalue weighted by molar-refractivity contribution is 4.88. The predicted octanol–water partition coefficient (Wildman–Crippen LogP) is 1.86. The van der Waals surface area contributed by atoms with Crippen LogP contribution in [0.3, 0.4) is 0 Å². The van der Waals surface area contributed by atoms with Gasteiger partial charge in [-0.3, -0.25) is 0 Å². The van der Waals surface area contributed by atoms with Gasteiger partial charge in [0.05, 0.1) is 0 Å². The number of piperidine rings is 1. The lowest BCUT2D eigenvalue weighted by Crippen LogP contribution is -2.52. The lowest BCUT2D eigenvalue weighted by Gasteiger charge is -2.44. The quantitative estimate of drug-likeness (QED) is 0.741. The van der Waals surface area contributed by atoms with Crippen molar-refractivity contribution in [2.75, 3.05) is 19.6 Å². The number of nitrogens with zero attached hydrogens (tertiary/aromatic N) is 1. The molecule has 1 saturated carbocycles. The molecule has 82 valence electrons. The van der Waals surface area contributed by atoms with Crippen molar-refractivity contribution in [2.24, 2.45) is 5.92 Å². The highest BCUT2D eigenvalue weighted by Gasteiger charge is 2.31. The molecule has 14 heavy (non-hydrogen) atoms. The fourth-order valence-corrected chi connectivity index (χ4v) is 2.83. The van der Waals surface area contributed by atoms with E-state index in [-0.39, 0.29) is 0 Å². The topological polar surface area (TPSA) is 15.3 Å². The molecule has 2 aliphatic rings. The van der Waals surface area contributed by atoms with E-state index < -0.39 is 0 Å². The maximum Gasteiger partial charge on any atom is 0.0117 e. The highest BCUT2D eigenvalue weighted by Crippen LogP contribution is 2.28. The van der Waals surface area contributed by atoms with Gasteiger partial charge in [-0.2, -0.15) is 0 Å². The molecule has 1 aliphatic carbocycles. The van der Waals surface area contributed by atoms with Crippen LogP contribution in [0, 0.1) is 5.92 Å². The summed E-state index contributed by atoms with van der Waals surface area (Å²) in [5.41, 5.74) is 0. The molecule has 2 rings (SSSR count). The molecule has 1 heterocycles. The molecule has 0 aromatic rings. The van der Waals surface area contributed by atoms with Crippen molar-refractivity contribution < 1.29 is 0 Å². The Morgan fingerprint density at radius 3 is 2.57 bits per heavy atom. The summed E-state index contributed by atoms with van der Waals surface area (Å²) in [5.74, 6) is 0.837. The number of hydrogen-bond donors (Lipinski definition) is 1. The molecule has 2 atom stereocenters. The molecule has 1 N–H and O–H groups in total. The second kappa shape index (κ2) is 4.63. The molecule has 2 heteroatoms. The van der Waals surface area contributed by atoms with E-state index in [1.54, 1.807) is 0 Å². The van der Waals surface area contributed by atoms with Gasteiger partial charge < -0.3 is 10.2 Å². The fraction of sp³-hybridized carbons (Fsp3) is 1.00. The molecule has 0 aromatic carbocycles. The lowest BCUT2D eigenvalue weighted by molar-refractivity contribution is 0.0650. The lowest BCUT2D eigenvalue weighted by atomic mass is 9.86. The second-order valence-electron chi connectivity index (χ2n) is 5.01. The third-order valence-electron chi connectivity index (χ3n) is 3.99. The average molecular weight is 196 g/mol. The van der Waals surface area contributed by atoms with E-state index in [0.717, 1.165) is 24.5 Å². The van der Waals surface area contributed by atoms with Crippen molar-refractivity contribution in [2.45, 2.75) is 51.6 Å². The molecule has 0 spiro atoms. The minimum absolute atomic E-state index is 0.774. The SMILES string of the molecule is CCNC1CCN(C2CCC2)CC1C. The maximum absolute atomic E-state index is 3.60. The van der Waals surface area contributed by atoms with Crippen LogP contribution >= 0.6 is 0 Å². The van der Waals surface area contributed by atoms with Gasteiger partial charge in [0.2, 0.25) is 0 Å². The van der Waals surface area contributed by atoms with E-state index in [1.807, 2.05) is 0 Å². The van der Waals surface area contributed by atoms with Crippen LogP contribution in [0.1, 0.15) is 39.5 Å². The van der Waals surface area contributed by atoms with Gasteiger partial charge in [0, 0.05) is 18.6 Å². The summed E-state index contributed by atoms with van der Waals surface area (Å²) in [4.78, 5) is 2.72. The molecule has 0 amide bonds. The Bertz CT molecular complexity index is 177. The summed E-state index contributed by atoms with van der Waals surface area (Å²) in [6.45, 7) is 8.39. The van der Waals surface area contributed by atoms with Crippen LogP contribution in [0.25, 0.3) is 0 Å². The number of nitrogens with one attached hydrogen (secondary N) is 1. The molecule has 1 aliphatic heterocycles. The van der Waals surface area contributed by atoms with E-state index >= 15 is 0 Å². The van der Waals surface area contributed by atoms with Crippen LogP contribution in [0.15, 0.2) is 0 Å². The molecule has 2 fully saturated rings. The van der Waals surface area contributed by atoms with Crippen LogP contribution in [0.2, 0.25) is 0 Å². The fourth-order valence-electron chi connectivity index (χ4n) is 2.83. The molecule has 2 nitrogen and oxygen atoms in total. The summed E-state index contributed by atoms with van der Waals surface area (Å²) in [7, 11) is 0.